The quantitative estimate of drug-likeness (QED) is 0.669. The summed E-state index contributed by atoms with van der Waals surface area (Å²) < 4.78 is 1.85. The zero-order valence-corrected chi connectivity index (χ0v) is 15.3. The van der Waals surface area contributed by atoms with Crippen LogP contribution in [-0.2, 0) is 0 Å². The molecule has 3 heterocycles. The first-order chi connectivity index (χ1) is 13.1. The van der Waals surface area contributed by atoms with Gasteiger partial charge in [0.05, 0.1) is 11.6 Å². The number of amides is 1. The van der Waals surface area contributed by atoms with Crippen molar-refractivity contribution in [1.29, 1.82) is 0 Å². The van der Waals surface area contributed by atoms with E-state index in [1.54, 1.807) is 6.20 Å². The molecule has 27 heavy (non-hydrogen) atoms. The van der Waals surface area contributed by atoms with Crippen LogP contribution in [0.4, 0.5) is 0 Å². The molecule has 0 spiro atoms. The molecule has 138 valence electrons. The van der Waals surface area contributed by atoms with Gasteiger partial charge in [0, 0.05) is 50.3 Å². The fourth-order valence-corrected chi connectivity index (χ4v) is 3.61. The van der Waals surface area contributed by atoms with Crippen molar-refractivity contribution in [1.82, 2.24) is 19.2 Å². The van der Waals surface area contributed by atoms with Crippen LogP contribution in [0.15, 0.2) is 61.1 Å². The number of carbonyl (C=O) groups excluding carboxylic acids is 2. The van der Waals surface area contributed by atoms with Crippen LogP contribution >= 0.6 is 0 Å². The minimum atomic E-state index is -0.194. The van der Waals surface area contributed by atoms with E-state index in [9.17, 15) is 9.59 Å². The number of benzene rings is 1. The summed E-state index contributed by atoms with van der Waals surface area (Å²) in [6, 6.07) is 12.9. The predicted molar refractivity (Wildman–Crippen MR) is 103 cm³/mol. The molecule has 1 amide bonds. The molecule has 1 aliphatic rings. The molecule has 6 heteroatoms. The first-order valence-electron chi connectivity index (χ1n) is 9.19. The van der Waals surface area contributed by atoms with Crippen molar-refractivity contribution in [3.63, 3.8) is 0 Å². The van der Waals surface area contributed by atoms with Crippen molar-refractivity contribution < 1.29 is 9.59 Å². The molecule has 0 bridgehead atoms. The van der Waals surface area contributed by atoms with Crippen LogP contribution in [0, 0.1) is 0 Å². The molecule has 1 aliphatic heterocycles. The van der Waals surface area contributed by atoms with Gasteiger partial charge >= 0.3 is 0 Å². The summed E-state index contributed by atoms with van der Waals surface area (Å²) in [6.07, 6.45) is 5.41. The van der Waals surface area contributed by atoms with Crippen molar-refractivity contribution in [2.45, 2.75) is 13.0 Å². The Hall–Kier alpha value is -2.99. The molecule has 1 atom stereocenters. The van der Waals surface area contributed by atoms with E-state index < -0.39 is 0 Å². The van der Waals surface area contributed by atoms with Gasteiger partial charge in [-0.1, -0.05) is 30.3 Å². The Labute approximate surface area is 158 Å². The number of carbonyl (C=O) groups is 2. The van der Waals surface area contributed by atoms with E-state index in [0.717, 1.165) is 5.56 Å². The van der Waals surface area contributed by atoms with Gasteiger partial charge in [0.15, 0.2) is 5.78 Å². The third-order valence-corrected chi connectivity index (χ3v) is 5.24. The summed E-state index contributed by atoms with van der Waals surface area (Å²) in [6.45, 7) is 4.52. The summed E-state index contributed by atoms with van der Waals surface area (Å²) in [5.41, 5.74) is 2.02. The Morgan fingerprint density at radius 2 is 1.70 bits per heavy atom. The van der Waals surface area contributed by atoms with E-state index in [1.807, 2.05) is 71.1 Å². The third-order valence-electron chi connectivity index (χ3n) is 5.24. The largest absolute Gasteiger partial charge is 0.336 e. The Balaban J connectivity index is 1.42. The van der Waals surface area contributed by atoms with Gasteiger partial charge in [0.25, 0.3) is 5.91 Å². The Bertz CT molecular complexity index is 958. The fraction of sp³-hybridized carbons (Fsp3) is 0.286. The van der Waals surface area contributed by atoms with Crippen molar-refractivity contribution in [3.8, 4) is 0 Å². The van der Waals surface area contributed by atoms with Gasteiger partial charge in [-0.05, 0) is 19.1 Å². The van der Waals surface area contributed by atoms with Gasteiger partial charge in [-0.3, -0.25) is 14.5 Å². The van der Waals surface area contributed by atoms with Crippen LogP contribution in [0.25, 0.3) is 5.65 Å². The number of imidazole rings is 1. The summed E-state index contributed by atoms with van der Waals surface area (Å²) in [4.78, 5) is 33.9. The Morgan fingerprint density at radius 3 is 2.44 bits per heavy atom. The van der Waals surface area contributed by atoms with Gasteiger partial charge in [-0.15, -0.1) is 0 Å². The minimum absolute atomic E-state index is 0.00603. The number of aromatic nitrogens is 2. The molecule has 0 saturated carbocycles. The van der Waals surface area contributed by atoms with Crippen molar-refractivity contribution in [3.05, 3.63) is 72.2 Å². The Morgan fingerprint density at radius 1 is 0.963 bits per heavy atom. The lowest BCUT2D eigenvalue weighted by Crippen LogP contribution is -2.53. The number of pyridine rings is 1. The highest BCUT2D eigenvalue weighted by molar-refractivity contribution is 6.00. The van der Waals surface area contributed by atoms with Crippen LogP contribution in [-0.4, -0.2) is 63.1 Å². The van der Waals surface area contributed by atoms with E-state index in [0.29, 0.717) is 37.4 Å². The number of ketones is 1. The van der Waals surface area contributed by atoms with E-state index >= 15 is 0 Å². The molecule has 6 nitrogen and oxygen atoms in total. The fourth-order valence-electron chi connectivity index (χ4n) is 3.61. The zero-order chi connectivity index (χ0) is 18.8. The lowest BCUT2D eigenvalue weighted by atomic mass is 10.0. The van der Waals surface area contributed by atoms with Gasteiger partial charge in [-0.25, -0.2) is 4.98 Å². The monoisotopic (exact) mass is 362 g/mol. The second kappa shape index (κ2) is 7.32. The topological polar surface area (TPSA) is 57.9 Å². The van der Waals surface area contributed by atoms with Gasteiger partial charge in [-0.2, -0.15) is 0 Å². The molecular formula is C21H22N4O2. The molecule has 0 radical (unpaired) electrons. The van der Waals surface area contributed by atoms with Crippen molar-refractivity contribution in [2.75, 3.05) is 26.2 Å². The molecule has 1 saturated heterocycles. The number of Topliss-reactive ketones (excluding diaryl/α,β-unsaturated/α-hetero) is 1. The summed E-state index contributed by atoms with van der Waals surface area (Å²) in [5.74, 6) is 0.117. The number of piperazine rings is 1. The van der Waals surface area contributed by atoms with Crippen LogP contribution < -0.4 is 0 Å². The number of hydrogen-bond acceptors (Lipinski definition) is 4. The standard InChI is InChI=1S/C21H22N4O2/c1-16(19(26)17-6-3-2-4-7-17)23-12-14-25(15-13-23)21(27)18-8-5-10-24-11-9-22-20(18)24/h2-11,16H,12-15H2,1H3. The Kier molecular flexibility index (Phi) is 4.73. The molecular weight excluding hydrogens is 340 g/mol. The maximum absolute atomic E-state index is 12.9. The normalized spacial score (nSPS) is 16.4. The number of hydrogen-bond donors (Lipinski definition) is 0. The second-order valence-electron chi connectivity index (χ2n) is 6.81. The van der Waals surface area contributed by atoms with Crippen molar-refractivity contribution in [2.24, 2.45) is 0 Å². The van der Waals surface area contributed by atoms with Gasteiger partial charge < -0.3 is 9.30 Å². The summed E-state index contributed by atoms with van der Waals surface area (Å²) in [5, 5.41) is 0. The van der Waals surface area contributed by atoms with E-state index in [-0.39, 0.29) is 17.7 Å². The third kappa shape index (κ3) is 3.36. The number of rotatable bonds is 4. The van der Waals surface area contributed by atoms with E-state index in [2.05, 4.69) is 9.88 Å². The highest BCUT2D eigenvalue weighted by Crippen LogP contribution is 2.16. The molecule has 3 aromatic rings. The van der Waals surface area contributed by atoms with Gasteiger partial charge in [0.1, 0.15) is 5.65 Å². The SMILES string of the molecule is CC(C(=O)c1ccccc1)N1CCN(C(=O)c2cccn3ccnc23)CC1. The molecule has 0 N–H and O–H groups in total. The molecule has 2 aromatic heterocycles. The van der Waals surface area contributed by atoms with E-state index in [1.165, 1.54) is 0 Å². The average Bonchev–Trinajstić information content (AvgIpc) is 3.22. The number of fused-ring (bicyclic) bond motifs is 1. The molecule has 1 unspecified atom stereocenters. The highest BCUT2D eigenvalue weighted by atomic mass is 16.2. The van der Waals surface area contributed by atoms with Crippen LogP contribution in [0.5, 0.6) is 0 Å². The molecule has 0 aliphatic carbocycles. The summed E-state index contributed by atoms with van der Waals surface area (Å²) in [7, 11) is 0. The maximum atomic E-state index is 12.9. The summed E-state index contributed by atoms with van der Waals surface area (Å²) >= 11 is 0. The smallest absolute Gasteiger partial charge is 0.257 e. The zero-order valence-electron chi connectivity index (χ0n) is 15.3. The predicted octanol–water partition coefficient (Wildman–Crippen LogP) is 2.36. The van der Waals surface area contributed by atoms with Crippen LogP contribution in [0.1, 0.15) is 27.6 Å². The van der Waals surface area contributed by atoms with Crippen LogP contribution in [0.2, 0.25) is 0 Å². The second-order valence-corrected chi connectivity index (χ2v) is 6.81. The molecule has 1 aromatic carbocycles. The average molecular weight is 362 g/mol. The van der Waals surface area contributed by atoms with Crippen molar-refractivity contribution >= 4 is 17.3 Å². The number of nitrogens with zero attached hydrogens (tertiary/aromatic N) is 4. The first kappa shape index (κ1) is 17.4. The van der Waals surface area contributed by atoms with Crippen LogP contribution in [0.3, 0.4) is 0 Å². The highest BCUT2D eigenvalue weighted by Gasteiger charge is 2.29. The lowest BCUT2D eigenvalue weighted by molar-refractivity contribution is 0.0553. The first-order valence-corrected chi connectivity index (χ1v) is 9.19. The minimum Gasteiger partial charge on any atom is -0.336 e. The van der Waals surface area contributed by atoms with Gasteiger partial charge in [0.2, 0.25) is 0 Å². The maximum Gasteiger partial charge on any atom is 0.257 e. The van der Waals surface area contributed by atoms with E-state index in [4.69, 9.17) is 0 Å². The molecule has 4 rings (SSSR count). The lowest BCUT2D eigenvalue weighted by Gasteiger charge is -2.37. The molecule has 1 fully saturated rings.